The van der Waals surface area contributed by atoms with Crippen LogP contribution in [0, 0.1) is 62.6 Å². The molecule has 8 bridgehead atoms. The molecule has 0 aromatic carbocycles. The second-order valence-corrected chi connectivity index (χ2v) is 15.8. The fourth-order valence-electron chi connectivity index (χ4n) is 11.8. The quantitative estimate of drug-likeness (QED) is 0.410. The second kappa shape index (κ2) is 7.25. The van der Waals surface area contributed by atoms with Crippen molar-refractivity contribution in [3.63, 3.8) is 0 Å². The van der Waals surface area contributed by atoms with Gasteiger partial charge in [0.25, 0.3) is 0 Å². The Morgan fingerprint density at radius 3 is 1.42 bits per heavy atom. The van der Waals surface area contributed by atoms with Gasteiger partial charge in [-0.25, -0.2) is 0 Å². The molecule has 0 aromatic heterocycles. The van der Waals surface area contributed by atoms with E-state index in [0.717, 1.165) is 46.3 Å². The SMILES string of the molecule is C.CC(C)C1(C)C2CC3CC1CC(C)(C3)C2.CC(C)C12CC3CC(C)(CC(C)(C3)C1)C2. The van der Waals surface area contributed by atoms with Crippen LogP contribution in [-0.4, -0.2) is 0 Å². The van der Waals surface area contributed by atoms with Crippen molar-refractivity contribution >= 4 is 0 Å². The smallest absolute Gasteiger partial charge is 0.0246 e. The Morgan fingerprint density at radius 2 is 1.03 bits per heavy atom. The van der Waals surface area contributed by atoms with Crippen molar-refractivity contribution in [3.8, 4) is 0 Å². The molecule has 8 aliphatic carbocycles. The molecular formula is C31H56. The van der Waals surface area contributed by atoms with Gasteiger partial charge in [0.1, 0.15) is 0 Å². The lowest BCUT2D eigenvalue weighted by Gasteiger charge is -2.67. The fraction of sp³-hybridized carbons (Fsp3) is 1.00. The molecule has 31 heavy (non-hydrogen) atoms. The molecule has 0 heteroatoms. The Kier molecular flexibility index (Phi) is 5.64. The molecule has 8 saturated carbocycles. The molecule has 0 amide bonds. The van der Waals surface area contributed by atoms with Gasteiger partial charge in [-0.2, -0.15) is 0 Å². The lowest BCUT2D eigenvalue weighted by Crippen LogP contribution is -2.56. The van der Waals surface area contributed by atoms with Gasteiger partial charge >= 0.3 is 0 Å². The van der Waals surface area contributed by atoms with Crippen molar-refractivity contribution < 1.29 is 0 Å². The fourth-order valence-corrected chi connectivity index (χ4v) is 11.8. The third-order valence-corrected chi connectivity index (χ3v) is 12.4. The van der Waals surface area contributed by atoms with E-state index in [1.807, 2.05) is 0 Å². The van der Waals surface area contributed by atoms with Crippen LogP contribution in [0.1, 0.15) is 133 Å². The van der Waals surface area contributed by atoms with Crippen LogP contribution >= 0.6 is 0 Å². The van der Waals surface area contributed by atoms with Gasteiger partial charge in [-0.05, 0) is 133 Å². The monoisotopic (exact) mass is 428 g/mol. The molecule has 0 spiro atoms. The summed E-state index contributed by atoms with van der Waals surface area (Å²) < 4.78 is 0. The highest BCUT2D eigenvalue weighted by atomic mass is 14.7. The molecule has 8 rings (SSSR count). The van der Waals surface area contributed by atoms with E-state index in [2.05, 4.69) is 55.4 Å². The maximum absolute atomic E-state index is 2.61. The molecule has 0 saturated heterocycles. The van der Waals surface area contributed by atoms with Crippen molar-refractivity contribution in [2.45, 2.75) is 133 Å². The summed E-state index contributed by atoms with van der Waals surface area (Å²) in [6.07, 6.45) is 16.9. The van der Waals surface area contributed by atoms with Crippen LogP contribution < -0.4 is 0 Å². The van der Waals surface area contributed by atoms with E-state index in [-0.39, 0.29) is 7.43 Å². The van der Waals surface area contributed by atoms with Crippen molar-refractivity contribution in [1.29, 1.82) is 0 Å². The van der Waals surface area contributed by atoms with Gasteiger partial charge < -0.3 is 0 Å². The first-order valence-electron chi connectivity index (χ1n) is 13.8. The summed E-state index contributed by atoms with van der Waals surface area (Å²) in [5, 5.41) is 0. The Balaban J connectivity index is 0.000000144. The molecule has 0 aliphatic heterocycles. The van der Waals surface area contributed by atoms with E-state index in [9.17, 15) is 0 Å². The lowest BCUT2D eigenvalue weighted by molar-refractivity contribution is -0.162. The average molecular weight is 429 g/mol. The largest absolute Gasteiger partial charge is 0.0776 e. The first-order chi connectivity index (χ1) is 13.8. The Labute approximate surface area is 196 Å². The van der Waals surface area contributed by atoms with Crippen molar-refractivity contribution in [1.82, 2.24) is 0 Å². The summed E-state index contributed by atoms with van der Waals surface area (Å²) in [5.74, 6) is 6.05. The maximum atomic E-state index is 2.61. The standard InChI is InChI=1S/2C15H26.CH4/c1-11(2)15-7-12-5-13(3,9-15)8-14(4,6-12)10-15;1-10(2)15(4)12-5-11-6-13(15)9-14(3,7-11)8-12;/h11-12H,5-10H2,1-4H3;10-13H,5-9H2,1-4H3;1H4. The van der Waals surface area contributed by atoms with E-state index in [0.29, 0.717) is 16.2 Å². The van der Waals surface area contributed by atoms with Gasteiger partial charge in [-0.1, -0.05) is 62.8 Å². The van der Waals surface area contributed by atoms with Crippen molar-refractivity contribution in [2.24, 2.45) is 62.6 Å². The minimum atomic E-state index is 0. The van der Waals surface area contributed by atoms with Gasteiger partial charge in [-0.3, -0.25) is 0 Å². The van der Waals surface area contributed by atoms with Gasteiger partial charge in [0.05, 0.1) is 0 Å². The first kappa shape index (κ1) is 24.1. The molecule has 4 atom stereocenters. The molecule has 8 fully saturated rings. The summed E-state index contributed by atoms with van der Waals surface area (Å²) in [7, 11) is 0. The third kappa shape index (κ3) is 3.67. The zero-order valence-corrected chi connectivity index (χ0v) is 21.7. The van der Waals surface area contributed by atoms with Crippen LogP contribution in [0.3, 0.4) is 0 Å². The van der Waals surface area contributed by atoms with Gasteiger partial charge in [0, 0.05) is 0 Å². The van der Waals surface area contributed by atoms with Gasteiger partial charge in [0.15, 0.2) is 0 Å². The summed E-state index contributed by atoms with van der Waals surface area (Å²) in [6, 6.07) is 0. The predicted octanol–water partition coefficient (Wildman–Crippen LogP) is 9.77. The highest BCUT2D eigenvalue weighted by molar-refractivity contribution is 5.11. The van der Waals surface area contributed by atoms with Crippen LogP contribution in [0.15, 0.2) is 0 Å². The molecule has 8 aliphatic rings. The molecule has 0 nitrogen and oxygen atoms in total. The number of rotatable bonds is 2. The number of hydrogen-bond acceptors (Lipinski definition) is 0. The maximum Gasteiger partial charge on any atom is -0.0246 e. The lowest BCUT2D eigenvalue weighted by atomic mass is 9.38. The van der Waals surface area contributed by atoms with E-state index < -0.39 is 0 Å². The Morgan fingerprint density at radius 1 is 0.548 bits per heavy atom. The van der Waals surface area contributed by atoms with E-state index in [4.69, 9.17) is 0 Å². The van der Waals surface area contributed by atoms with Crippen molar-refractivity contribution in [3.05, 3.63) is 0 Å². The summed E-state index contributed by atoms with van der Waals surface area (Å²) in [5.41, 5.74) is 3.56. The second-order valence-electron chi connectivity index (χ2n) is 15.8. The third-order valence-electron chi connectivity index (χ3n) is 12.4. The van der Waals surface area contributed by atoms with E-state index >= 15 is 0 Å². The van der Waals surface area contributed by atoms with Crippen LogP contribution in [0.25, 0.3) is 0 Å². The first-order valence-corrected chi connectivity index (χ1v) is 13.8. The zero-order chi connectivity index (χ0) is 21.7. The van der Waals surface area contributed by atoms with E-state index in [1.165, 1.54) is 44.9 Å². The molecule has 4 unspecified atom stereocenters. The van der Waals surface area contributed by atoms with Crippen LogP contribution in [-0.2, 0) is 0 Å². The van der Waals surface area contributed by atoms with Gasteiger partial charge in [0.2, 0.25) is 0 Å². The molecule has 0 radical (unpaired) electrons. The zero-order valence-electron chi connectivity index (χ0n) is 21.7. The molecule has 180 valence electrons. The minimum Gasteiger partial charge on any atom is -0.0776 e. The van der Waals surface area contributed by atoms with Gasteiger partial charge in [-0.15, -0.1) is 0 Å². The topological polar surface area (TPSA) is 0 Å². The highest BCUT2D eigenvalue weighted by Crippen LogP contribution is 2.71. The summed E-state index contributed by atoms with van der Waals surface area (Å²) in [6.45, 7) is 20.2. The van der Waals surface area contributed by atoms with Crippen molar-refractivity contribution in [2.75, 3.05) is 0 Å². The Hall–Kier alpha value is 0. The predicted molar refractivity (Wildman–Crippen MR) is 136 cm³/mol. The highest BCUT2D eigenvalue weighted by Gasteiger charge is 2.61. The normalized spacial score (nSPS) is 55.9. The molecule has 0 heterocycles. The molecule has 0 aromatic rings. The van der Waals surface area contributed by atoms with Crippen LogP contribution in [0.4, 0.5) is 0 Å². The molecular weight excluding hydrogens is 372 g/mol. The van der Waals surface area contributed by atoms with Crippen LogP contribution in [0.2, 0.25) is 0 Å². The molecule has 0 N–H and O–H groups in total. The van der Waals surface area contributed by atoms with Crippen LogP contribution in [0.5, 0.6) is 0 Å². The Bertz CT molecular complexity index is 648. The number of hydrogen-bond donors (Lipinski definition) is 0. The minimum absolute atomic E-state index is 0. The summed E-state index contributed by atoms with van der Waals surface area (Å²) in [4.78, 5) is 0. The average Bonchev–Trinajstić information content (AvgIpc) is 2.55. The van der Waals surface area contributed by atoms with E-state index in [1.54, 1.807) is 25.7 Å². The summed E-state index contributed by atoms with van der Waals surface area (Å²) >= 11 is 0.